The molecule has 1 aromatic carbocycles. The van der Waals surface area contributed by atoms with Crippen LogP contribution in [-0.2, 0) is 6.54 Å². The van der Waals surface area contributed by atoms with Crippen molar-refractivity contribution < 1.29 is 0 Å². The lowest BCUT2D eigenvalue weighted by atomic mass is 10.1. The van der Waals surface area contributed by atoms with Crippen molar-refractivity contribution in [3.63, 3.8) is 0 Å². The van der Waals surface area contributed by atoms with Crippen LogP contribution < -0.4 is 0 Å². The molecule has 1 aliphatic carbocycles. The van der Waals surface area contributed by atoms with Crippen LogP contribution in [0.5, 0.6) is 0 Å². The quantitative estimate of drug-likeness (QED) is 0.693. The zero-order valence-electron chi connectivity index (χ0n) is 10.4. The third-order valence-electron chi connectivity index (χ3n) is 3.64. The highest BCUT2D eigenvalue weighted by atomic mass is 35.5. The number of nitrogens with zero attached hydrogens (tertiary/aromatic N) is 1. The van der Waals surface area contributed by atoms with Crippen molar-refractivity contribution in [3.05, 3.63) is 35.9 Å². The summed E-state index contributed by atoms with van der Waals surface area (Å²) in [6.07, 6.45) is 5.66. The van der Waals surface area contributed by atoms with Crippen molar-refractivity contribution >= 4 is 11.6 Å². The van der Waals surface area contributed by atoms with Crippen LogP contribution in [0.2, 0.25) is 0 Å². The Labute approximate surface area is 110 Å². The SMILES string of the molecule is ClCCN(Cc1ccccc1)CC1CCCC1. The van der Waals surface area contributed by atoms with Gasteiger partial charge in [-0.25, -0.2) is 0 Å². The standard InChI is InChI=1S/C15H22ClN/c16-10-11-17(13-15-8-4-5-9-15)12-14-6-2-1-3-7-14/h1-3,6-7,15H,4-5,8-13H2. The van der Waals surface area contributed by atoms with Gasteiger partial charge in [0.15, 0.2) is 0 Å². The van der Waals surface area contributed by atoms with E-state index in [4.69, 9.17) is 11.6 Å². The molecule has 1 nitrogen and oxygen atoms in total. The monoisotopic (exact) mass is 251 g/mol. The topological polar surface area (TPSA) is 3.24 Å². The molecule has 0 saturated heterocycles. The summed E-state index contributed by atoms with van der Waals surface area (Å²) in [7, 11) is 0. The number of benzene rings is 1. The summed E-state index contributed by atoms with van der Waals surface area (Å²) in [4.78, 5) is 2.51. The molecule has 0 spiro atoms. The van der Waals surface area contributed by atoms with Gasteiger partial charge in [-0.1, -0.05) is 43.2 Å². The van der Waals surface area contributed by atoms with E-state index >= 15 is 0 Å². The molecule has 0 atom stereocenters. The van der Waals surface area contributed by atoms with E-state index in [2.05, 4.69) is 35.2 Å². The summed E-state index contributed by atoms with van der Waals surface area (Å²) in [6.45, 7) is 3.28. The Morgan fingerprint density at radius 1 is 1.12 bits per heavy atom. The second-order valence-corrected chi connectivity index (χ2v) is 5.44. The molecule has 1 aromatic rings. The third-order valence-corrected chi connectivity index (χ3v) is 3.81. The van der Waals surface area contributed by atoms with Gasteiger partial charge < -0.3 is 0 Å². The summed E-state index contributed by atoms with van der Waals surface area (Å²) in [5.41, 5.74) is 1.40. The second-order valence-electron chi connectivity index (χ2n) is 5.06. The van der Waals surface area contributed by atoms with Crippen LogP contribution >= 0.6 is 11.6 Å². The normalized spacial score (nSPS) is 16.8. The molecule has 0 radical (unpaired) electrons. The summed E-state index contributed by atoms with van der Waals surface area (Å²) in [5, 5.41) is 0. The van der Waals surface area contributed by atoms with E-state index in [9.17, 15) is 0 Å². The summed E-state index contributed by atoms with van der Waals surface area (Å²) in [5.74, 6) is 1.64. The summed E-state index contributed by atoms with van der Waals surface area (Å²) >= 11 is 5.91. The lowest BCUT2D eigenvalue weighted by Gasteiger charge is -2.24. The summed E-state index contributed by atoms with van der Waals surface area (Å²) < 4.78 is 0. The van der Waals surface area contributed by atoms with E-state index in [-0.39, 0.29) is 0 Å². The Hall–Kier alpha value is -0.530. The predicted octanol–water partition coefficient (Wildman–Crippen LogP) is 3.92. The van der Waals surface area contributed by atoms with Crippen LogP contribution in [0.1, 0.15) is 31.2 Å². The van der Waals surface area contributed by atoms with Crippen molar-refractivity contribution in [3.8, 4) is 0 Å². The van der Waals surface area contributed by atoms with Gasteiger partial charge in [0.25, 0.3) is 0 Å². The Balaban J connectivity index is 1.87. The smallest absolute Gasteiger partial charge is 0.0351 e. The Bertz CT molecular complexity index is 306. The average molecular weight is 252 g/mol. The number of hydrogen-bond acceptors (Lipinski definition) is 1. The van der Waals surface area contributed by atoms with Gasteiger partial charge in [-0.15, -0.1) is 11.6 Å². The van der Waals surface area contributed by atoms with Gasteiger partial charge in [-0.2, -0.15) is 0 Å². The van der Waals surface area contributed by atoms with Crippen LogP contribution in [-0.4, -0.2) is 23.9 Å². The highest BCUT2D eigenvalue weighted by molar-refractivity contribution is 6.18. The number of hydrogen-bond donors (Lipinski definition) is 0. The van der Waals surface area contributed by atoms with Gasteiger partial charge in [0.1, 0.15) is 0 Å². The van der Waals surface area contributed by atoms with E-state index in [1.54, 1.807) is 0 Å². The minimum Gasteiger partial charge on any atom is -0.298 e. The first kappa shape index (κ1) is 12.9. The maximum atomic E-state index is 5.91. The first-order valence-electron chi connectivity index (χ1n) is 6.70. The Morgan fingerprint density at radius 2 is 1.82 bits per heavy atom. The molecular weight excluding hydrogens is 230 g/mol. The molecule has 0 N–H and O–H groups in total. The van der Waals surface area contributed by atoms with Crippen LogP contribution in [0.15, 0.2) is 30.3 Å². The van der Waals surface area contributed by atoms with Crippen LogP contribution in [0, 0.1) is 5.92 Å². The maximum absolute atomic E-state index is 5.91. The van der Waals surface area contributed by atoms with Gasteiger partial charge >= 0.3 is 0 Å². The lowest BCUT2D eigenvalue weighted by Crippen LogP contribution is -2.30. The third kappa shape index (κ3) is 4.33. The van der Waals surface area contributed by atoms with E-state index in [1.165, 1.54) is 37.8 Å². The van der Waals surface area contributed by atoms with Crippen molar-refractivity contribution in [2.45, 2.75) is 32.2 Å². The van der Waals surface area contributed by atoms with Crippen LogP contribution in [0.25, 0.3) is 0 Å². The fourth-order valence-electron chi connectivity index (χ4n) is 2.75. The minimum absolute atomic E-state index is 0.736. The van der Waals surface area contributed by atoms with Crippen molar-refractivity contribution in [1.29, 1.82) is 0 Å². The van der Waals surface area contributed by atoms with E-state index in [1.807, 2.05) is 0 Å². The fraction of sp³-hybridized carbons (Fsp3) is 0.600. The highest BCUT2D eigenvalue weighted by Gasteiger charge is 2.18. The molecule has 1 saturated carbocycles. The molecular formula is C15H22ClN. The molecule has 2 rings (SSSR count). The van der Waals surface area contributed by atoms with Crippen molar-refractivity contribution in [2.24, 2.45) is 5.92 Å². The first-order chi connectivity index (χ1) is 8.38. The summed E-state index contributed by atoms with van der Waals surface area (Å²) in [6, 6.07) is 10.7. The average Bonchev–Trinajstić information content (AvgIpc) is 2.83. The highest BCUT2D eigenvalue weighted by Crippen LogP contribution is 2.25. The molecule has 2 heteroatoms. The van der Waals surface area contributed by atoms with E-state index in [0.29, 0.717) is 0 Å². The zero-order chi connectivity index (χ0) is 11.9. The molecule has 0 aliphatic heterocycles. The minimum atomic E-state index is 0.736. The van der Waals surface area contributed by atoms with Gasteiger partial charge in [0.2, 0.25) is 0 Å². The molecule has 0 heterocycles. The maximum Gasteiger partial charge on any atom is 0.0351 e. The first-order valence-corrected chi connectivity index (χ1v) is 7.24. The van der Waals surface area contributed by atoms with Crippen LogP contribution in [0.4, 0.5) is 0 Å². The number of alkyl halides is 1. The van der Waals surface area contributed by atoms with E-state index < -0.39 is 0 Å². The fourth-order valence-corrected chi connectivity index (χ4v) is 2.99. The van der Waals surface area contributed by atoms with Gasteiger partial charge in [0, 0.05) is 25.5 Å². The molecule has 0 bridgehead atoms. The molecule has 0 amide bonds. The largest absolute Gasteiger partial charge is 0.298 e. The molecule has 94 valence electrons. The van der Waals surface area contributed by atoms with Gasteiger partial charge in [-0.05, 0) is 24.3 Å². The number of rotatable bonds is 6. The lowest BCUT2D eigenvalue weighted by molar-refractivity contribution is 0.236. The van der Waals surface area contributed by atoms with Gasteiger partial charge in [-0.3, -0.25) is 4.90 Å². The molecule has 1 aliphatic rings. The van der Waals surface area contributed by atoms with Crippen LogP contribution in [0.3, 0.4) is 0 Å². The zero-order valence-corrected chi connectivity index (χ0v) is 11.2. The number of halogens is 1. The molecule has 1 fully saturated rings. The predicted molar refractivity (Wildman–Crippen MR) is 74.4 cm³/mol. The van der Waals surface area contributed by atoms with Crippen molar-refractivity contribution in [2.75, 3.05) is 19.0 Å². The molecule has 17 heavy (non-hydrogen) atoms. The Kier molecular flexibility index (Phi) is 5.34. The molecule has 0 aromatic heterocycles. The Morgan fingerprint density at radius 3 is 2.47 bits per heavy atom. The second kappa shape index (κ2) is 7.03. The van der Waals surface area contributed by atoms with Gasteiger partial charge in [0.05, 0.1) is 0 Å². The molecule has 0 unspecified atom stereocenters. The van der Waals surface area contributed by atoms with E-state index in [0.717, 1.165) is 24.9 Å². The van der Waals surface area contributed by atoms with Crippen molar-refractivity contribution in [1.82, 2.24) is 4.90 Å².